The number of benzene rings is 1. The summed E-state index contributed by atoms with van der Waals surface area (Å²) in [5, 5.41) is 0. The van der Waals surface area contributed by atoms with Crippen molar-refractivity contribution < 1.29 is 0 Å². The van der Waals surface area contributed by atoms with Gasteiger partial charge in [-0.3, -0.25) is 0 Å². The highest BCUT2D eigenvalue weighted by atomic mass is 15.1. The van der Waals surface area contributed by atoms with Crippen LogP contribution in [0.3, 0.4) is 0 Å². The van der Waals surface area contributed by atoms with Crippen LogP contribution in [0, 0.1) is 0 Å². The van der Waals surface area contributed by atoms with Crippen LogP contribution >= 0.6 is 0 Å². The molecule has 3 nitrogen and oxygen atoms in total. The third-order valence-electron chi connectivity index (χ3n) is 2.36. The van der Waals surface area contributed by atoms with Gasteiger partial charge in [0.1, 0.15) is 5.82 Å². The fourth-order valence-corrected chi connectivity index (χ4v) is 1.61. The summed E-state index contributed by atoms with van der Waals surface area (Å²) in [7, 11) is 0. The summed E-state index contributed by atoms with van der Waals surface area (Å²) >= 11 is 0. The molecule has 0 saturated heterocycles. The lowest BCUT2D eigenvalue weighted by Gasteiger charge is -2.07. The molecule has 0 unspecified atom stereocenters. The van der Waals surface area contributed by atoms with Crippen molar-refractivity contribution in [2.75, 3.05) is 5.73 Å². The molecule has 0 radical (unpaired) electrons. The molecule has 0 aliphatic carbocycles. The average molecular weight is 201 g/mol. The first-order valence-corrected chi connectivity index (χ1v) is 5.19. The molecule has 3 heteroatoms. The molecule has 1 aromatic carbocycles. The van der Waals surface area contributed by atoms with Crippen molar-refractivity contribution in [3.63, 3.8) is 0 Å². The molecule has 1 aromatic heterocycles. The lowest BCUT2D eigenvalue weighted by Crippen LogP contribution is -2.00. The molecule has 78 valence electrons. The normalized spacial score (nSPS) is 10.5. The molecule has 0 spiro atoms. The molecule has 0 saturated carbocycles. The van der Waals surface area contributed by atoms with Crippen LogP contribution in [0.25, 0.3) is 5.69 Å². The Hall–Kier alpha value is -1.77. The number of hydrogen-bond acceptors (Lipinski definition) is 2. The summed E-state index contributed by atoms with van der Waals surface area (Å²) in [4.78, 5) is 4.34. The molecule has 15 heavy (non-hydrogen) atoms. The van der Waals surface area contributed by atoms with E-state index >= 15 is 0 Å². The van der Waals surface area contributed by atoms with Gasteiger partial charge in [-0.2, -0.15) is 0 Å². The minimum absolute atomic E-state index is 0.788. The summed E-state index contributed by atoms with van der Waals surface area (Å²) in [5.74, 6) is 1.10. The van der Waals surface area contributed by atoms with Crippen molar-refractivity contribution in [2.45, 2.75) is 19.8 Å². The second-order valence-corrected chi connectivity index (χ2v) is 3.56. The van der Waals surface area contributed by atoms with E-state index in [1.54, 1.807) is 0 Å². The van der Waals surface area contributed by atoms with Crippen LogP contribution in [-0.4, -0.2) is 9.55 Å². The molecule has 0 bridgehead atoms. The molecule has 0 atom stereocenters. The van der Waals surface area contributed by atoms with Crippen LogP contribution in [0.15, 0.2) is 36.7 Å². The number of rotatable bonds is 3. The Morgan fingerprint density at radius 2 is 2.00 bits per heavy atom. The van der Waals surface area contributed by atoms with Gasteiger partial charge in [-0.25, -0.2) is 4.98 Å². The van der Waals surface area contributed by atoms with Crippen LogP contribution in [0.2, 0.25) is 0 Å². The predicted octanol–water partition coefficient (Wildman–Crippen LogP) is 2.41. The average Bonchev–Trinajstić information content (AvgIpc) is 2.68. The molecule has 2 aromatic rings. The lowest BCUT2D eigenvalue weighted by atomic mass is 10.2. The zero-order chi connectivity index (χ0) is 10.7. The summed E-state index contributed by atoms with van der Waals surface area (Å²) in [6.07, 6.45) is 5.92. The summed E-state index contributed by atoms with van der Waals surface area (Å²) < 4.78 is 2.10. The highest BCUT2D eigenvalue weighted by Crippen LogP contribution is 2.13. The summed E-state index contributed by atoms with van der Waals surface area (Å²) in [5.41, 5.74) is 7.56. The fourth-order valence-electron chi connectivity index (χ4n) is 1.61. The largest absolute Gasteiger partial charge is 0.399 e. The zero-order valence-electron chi connectivity index (χ0n) is 8.85. The Labute approximate surface area is 89.6 Å². The summed E-state index contributed by atoms with van der Waals surface area (Å²) in [6, 6.07) is 7.84. The Balaban J connectivity index is 2.36. The van der Waals surface area contributed by atoms with Gasteiger partial charge in [0.15, 0.2) is 0 Å². The van der Waals surface area contributed by atoms with E-state index in [1.165, 1.54) is 0 Å². The first-order valence-electron chi connectivity index (χ1n) is 5.19. The first kappa shape index (κ1) is 9.77. The maximum Gasteiger partial charge on any atom is 0.113 e. The van der Waals surface area contributed by atoms with Crippen LogP contribution in [0.4, 0.5) is 5.69 Å². The monoisotopic (exact) mass is 201 g/mol. The smallest absolute Gasteiger partial charge is 0.113 e. The van der Waals surface area contributed by atoms with Gasteiger partial charge < -0.3 is 10.3 Å². The number of anilines is 1. The SMILES string of the molecule is CCCc1nccn1-c1ccc(N)cc1. The quantitative estimate of drug-likeness (QED) is 0.775. The Kier molecular flexibility index (Phi) is 2.72. The van der Waals surface area contributed by atoms with E-state index in [0.29, 0.717) is 0 Å². The van der Waals surface area contributed by atoms with Gasteiger partial charge >= 0.3 is 0 Å². The van der Waals surface area contributed by atoms with Crippen molar-refractivity contribution in [3.8, 4) is 5.69 Å². The molecule has 1 heterocycles. The van der Waals surface area contributed by atoms with Gasteiger partial charge in [0.2, 0.25) is 0 Å². The van der Waals surface area contributed by atoms with Crippen molar-refractivity contribution in [1.29, 1.82) is 0 Å². The minimum atomic E-state index is 0.788. The van der Waals surface area contributed by atoms with E-state index in [-0.39, 0.29) is 0 Å². The molecular formula is C12H15N3. The van der Waals surface area contributed by atoms with Crippen molar-refractivity contribution in [2.24, 2.45) is 0 Å². The van der Waals surface area contributed by atoms with E-state index in [1.807, 2.05) is 36.7 Å². The Morgan fingerprint density at radius 3 is 2.67 bits per heavy atom. The van der Waals surface area contributed by atoms with Crippen molar-refractivity contribution >= 4 is 5.69 Å². The molecule has 2 N–H and O–H groups in total. The highest BCUT2D eigenvalue weighted by molar-refractivity contribution is 5.45. The van der Waals surface area contributed by atoms with Gasteiger partial charge in [-0.15, -0.1) is 0 Å². The van der Waals surface area contributed by atoms with Crippen LogP contribution in [0.1, 0.15) is 19.2 Å². The van der Waals surface area contributed by atoms with Gasteiger partial charge in [0, 0.05) is 30.2 Å². The minimum Gasteiger partial charge on any atom is -0.399 e. The number of nitrogens with zero attached hydrogens (tertiary/aromatic N) is 2. The second-order valence-electron chi connectivity index (χ2n) is 3.56. The number of hydrogen-bond donors (Lipinski definition) is 1. The van der Waals surface area contributed by atoms with Gasteiger partial charge in [-0.05, 0) is 30.7 Å². The maximum absolute atomic E-state index is 5.65. The number of nitrogens with two attached hydrogens (primary N) is 1. The lowest BCUT2D eigenvalue weighted by molar-refractivity contribution is 0.809. The van der Waals surface area contributed by atoms with Gasteiger partial charge in [0.05, 0.1) is 0 Å². The third-order valence-corrected chi connectivity index (χ3v) is 2.36. The zero-order valence-corrected chi connectivity index (χ0v) is 8.85. The standard InChI is InChI=1S/C12H15N3/c1-2-3-12-14-8-9-15(12)11-6-4-10(13)5-7-11/h4-9H,2-3,13H2,1H3. The van der Waals surface area contributed by atoms with E-state index in [9.17, 15) is 0 Å². The summed E-state index contributed by atoms with van der Waals surface area (Å²) in [6.45, 7) is 2.15. The fraction of sp³-hybridized carbons (Fsp3) is 0.250. The molecular weight excluding hydrogens is 186 g/mol. The predicted molar refractivity (Wildman–Crippen MR) is 62.0 cm³/mol. The van der Waals surface area contributed by atoms with E-state index in [0.717, 1.165) is 30.0 Å². The first-order chi connectivity index (χ1) is 7.31. The van der Waals surface area contributed by atoms with Crippen molar-refractivity contribution in [3.05, 3.63) is 42.5 Å². The highest BCUT2D eigenvalue weighted by Gasteiger charge is 2.02. The maximum atomic E-state index is 5.65. The van der Waals surface area contributed by atoms with Gasteiger partial charge in [0.25, 0.3) is 0 Å². The molecule has 0 amide bonds. The van der Waals surface area contributed by atoms with E-state index in [4.69, 9.17) is 5.73 Å². The topological polar surface area (TPSA) is 43.8 Å². The molecule has 0 aliphatic heterocycles. The molecule has 2 rings (SSSR count). The van der Waals surface area contributed by atoms with Gasteiger partial charge in [-0.1, -0.05) is 6.92 Å². The van der Waals surface area contributed by atoms with E-state index in [2.05, 4.69) is 16.5 Å². The second kappa shape index (κ2) is 4.17. The Morgan fingerprint density at radius 1 is 1.27 bits per heavy atom. The van der Waals surface area contributed by atoms with Crippen LogP contribution < -0.4 is 5.73 Å². The van der Waals surface area contributed by atoms with Crippen LogP contribution in [0.5, 0.6) is 0 Å². The number of imidazole rings is 1. The third kappa shape index (κ3) is 2.01. The van der Waals surface area contributed by atoms with Crippen LogP contribution in [-0.2, 0) is 6.42 Å². The van der Waals surface area contributed by atoms with Crippen molar-refractivity contribution in [1.82, 2.24) is 9.55 Å². The molecule has 0 fully saturated rings. The number of aromatic nitrogens is 2. The van der Waals surface area contributed by atoms with E-state index < -0.39 is 0 Å². The number of nitrogen functional groups attached to an aromatic ring is 1. The molecule has 0 aliphatic rings. The Bertz CT molecular complexity index is 428. The number of aryl methyl sites for hydroxylation is 1.